The van der Waals surface area contributed by atoms with Crippen LogP contribution in [0.25, 0.3) is 0 Å². The summed E-state index contributed by atoms with van der Waals surface area (Å²) in [5, 5.41) is 0. The summed E-state index contributed by atoms with van der Waals surface area (Å²) >= 11 is 0. The highest BCUT2D eigenvalue weighted by molar-refractivity contribution is 4.79. The molecule has 0 rings (SSSR count). The Balaban J connectivity index is 2.90. The van der Waals surface area contributed by atoms with Gasteiger partial charge in [-0.2, -0.15) is 0 Å². The summed E-state index contributed by atoms with van der Waals surface area (Å²) in [5.74, 6) is 0. The highest BCUT2D eigenvalue weighted by Crippen LogP contribution is 2.10. The van der Waals surface area contributed by atoms with Gasteiger partial charge in [0.2, 0.25) is 0 Å². The normalized spacial score (nSPS) is 11.4. The largest absolute Gasteiger partial charge is 0.330 e. The lowest BCUT2D eigenvalue weighted by Gasteiger charge is -2.01. The zero-order valence-electron chi connectivity index (χ0n) is 11.2. The lowest BCUT2D eigenvalue weighted by molar-refractivity contribution is 0.562. The van der Waals surface area contributed by atoms with Crippen molar-refractivity contribution in [2.75, 3.05) is 6.54 Å². The van der Waals surface area contributed by atoms with Gasteiger partial charge >= 0.3 is 0 Å². The van der Waals surface area contributed by atoms with Crippen molar-refractivity contribution in [1.29, 1.82) is 0 Å². The van der Waals surface area contributed by atoms with Gasteiger partial charge in [-0.3, -0.25) is 0 Å². The van der Waals surface area contributed by atoms with Crippen molar-refractivity contribution in [1.82, 2.24) is 0 Å². The fourth-order valence-electron chi connectivity index (χ4n) is 1.93. The maximum atomic E-state index is 5.45. The van der Waals surface area contributed by atoms with Crippen LogP contribution in [0.5, 0.6) is 0 Å². The van der Waals surface area contributed by atoms with Gasteiger partial charge in [0.1, 0.15) is 0 Å². The fourth-order valence-corrected chi connectivity index (χ4v) is 1.93. The summed E-state index contributed by atoms with van der Waals surface area (Å²) in [4.78, 5) is 0. The van der Waals surface area contributed by atoms with Crippen LogP contribution < -0.4 is 5.73 Å². The molecule has 0 saturated carbocycles. The Morgan fingerprint density at radius 3 is 1.69 bits per heavy atom. The maximum Gasteiger partial charge on any atom is -0.00773 e. The zero-order valence-corrected chi connectivity index (χ0v) is 11.2. The molecule has 0 saturated heterocycles. The number of nitrogens with two attached hydrogens (primary N) is 1. The van der Waals surface area contributed by atoms with E-state index in [1.54, 1.807) is 0 Å². The average Bonchev–Trinajstić information content (AvgIpc) is 2.31. The quantitative estimate of drug-likeness (QED) is 0.374. The number of hydrogen-bond acceptors (Lipinski definition) is 1. The van der Waals surface area contributed by atoms with Crippen molar-refractivity contribution in [3.05, 3.63) is 12.2 Å². The highest BCUT2D eigenvalue weighted by Gasteiger charge is 1.91. The van der Waals surface area contributed by atoms with Gasteiger partial charge in [-0.15, -0.1) is 0 Å². The van der Waals surface area contributed by atoms with E-state index in [1.807, 2.05) is 0 Å². The summed E-state index contributed by atoms with van der Waals surface area (Å²) in [6.45, 7) is 3.06. The molecule has 0 radical (unpaired) electrons. The molecule has 0 aliphatic heterocycles. The molecule has 1 nitrogen and oxygen atoms in total. The van der Waals surface area contributed by atoms with E-state index >= 15 is 0 Å². The topological polar surface area (TPSA) is 26.0 Å². The van der Waals surface area contributed by atoms with Gasteiger partial charge in [0.05, 0.1) is 0 Å². The van der Waals surface area contributed by atoms with Gasteiger partial charge in [0.15, 0.2) is 0 Å². The first-order valence-corrected chi connectivity index (χ1v) is 7.27. The van der Waals surface area contributed by atoms with E-state index in [0.29, 0.717) is 0 Å². The molecule has 1 heteroatoms. The highest BCUT2D eigenvalue weighted by atomic mass is 14.5. The smallest absolute Gasteiger partial charge is 0.00773 e. The molecule has 0 bridgehead atoms. The first-order valence-electron chi connectivity index (χ1n) is 7.27. The third-order valence-corrected chi connectivity index (χ3v) is 2.98. The van der Waals surface area contributed by atoms with Crippen LogP contribution in [0.4, 0.5) is 0 Å². The van der Waals surface area contributed by atoms with Crippen LogP contribution in [0.1, 0.15) is 77.6 Å². The van der Waals surface area contributed by atoms with Gasteiger partial charge < -0.3 is 5.73 Å². The molecule has 0 aliphatic carbocycles. The molecule has 96 valence electrons. The van der Waals surface area contributed by atoms with E-state index in [0.717, 1.165) is 6.54 Å². The van der Waals surface area contributed by atoms with Crippen LogP contribution in [0, 0.1) is 0 Å². The molecular weight excluding hydrogens is 194 g/mol. The summed E-state index contributed by atoms with van der Waals surface area (Å²) in [6, 6.07) is 0. The molecule has 0 aromatic carbocycles. The second kappa shape index (κ2) is 14.7. The number of unbranched alkanes of at least 4 members (excludes halogenated alkanes) is 9. The first kappa shape index (κ1) is 15.7. The minimum absolute atomic E-state index is 0.866. The fraction of sp³-hybridized carbons (Fsp3) is 0.867. The summed E-state index contributed by atoms with van der Waals surface area (Å²) in [5.41, 5.74) is 5.45. The van der Waals surface area contributed by atoms with E-state index in [4.69, 9.17) is 5.73 Å². The van der Waals surface area contributed by atoms with E-state index in [-0.39, 0.29) is 0 Å². The minimum Gasteiger partial charge on any atom is -0.330 e. The number of rotatable bonds is 12. The lowest BCUT2D eigenvalue weighted by Crippen LogP contribution is -1.97. The molecule has 0 atom stereocenters. The van der Waals surface area contributed by atoms with Gasteiger partial charge in [-0.1, -0.05) is 64.0 Å². The van der Waals surface area contributed by atoms with Gasteiger partial charge in [-0.25, -0.2) is 0 Å². The molecule has 0 spiro atoms. The predicted molar refractivity (Wildman–Crippen MR) is 74.7 cm³/mol. The molecule has 16 heavy (non-hydrogen) atoms. The Bertz CT molecular complexity index is 140. The van der Waals surface area contributed by atoms with Crippen molar-refractivity contribution in [2.24, 2.45) is 5.73 Å². The van der Waals surface area contributed by atoms with Crippen LogP contribution in [0.2, 0.25) is 0 Å². The standard InChI is InChI=1S/C15H31N/c1-2-3-4-5-6-7-8-9-10-11-12-13-14-15-16/h3-4H,2,5-16H2,1H3. The first-order chi connectivity index (χ1) is 7.91. The summed E-state index contributed by atoms with van der Waals surface area (Å²) in [7, 11) is 0. The van der Waals surface area contributed by atoms with Crippen molar-refractivity contribution in [3.63, 3.8) is 0 Å². The molecule has 0 heterocycles. The van der Waals surface area contributed by atoms with Gasteiger partial charge in [0, 0.05) is 0 Å². The van der Waals surface area contributed by atoms with Crippen molar-refractivity contribution >= 4 is 0 Å². The molecule has 2 N–H and O–H groups in total. The zero-order chi connectivity index (χ0) is 11.9. The van der Waals surface area contributed by atoms with Gasteiger partial charge in [0.25, 0.3) is 0 Å². The Kier molecular flexibility index (Phi) is 14.4. The Morgan fingerprint density at radius 1 is 0.688 bits per heavy atom. The number of allylic oxidation sites excluding steroid dienone is 2. The van der Waals surface area contributed by atoms with Crippen LogP contribution in [0.3, 0.4) is 0 Å². The van der Waals surface area contributed by atoms with E-state index < -0.39 is 0 Å². The van der Waals surface area contributed by atoms with Crippen LogP contribution in [-0.2, 0) is 0 Å². The van der Waals surface area contributed by atoms with Crippen LogP contribution in [0.15, 0.2) is 12.2 Å². The predicted octanol–water partition coefficient (Wildman–Crippen LogP) is 4.81. The summed E-state index contributed by atoms with van der Waals surface area (Å²) < 4.78 is 0. The Labute approximate surface area is 102 Å². The second-order valence-electron chi connectivity index (χ2n) is 4.64. The van der Waals surface area contributed by atoms with E-state index in [9.17, 15) is 0 Å². The van der Waals surface area contributed by atoms with E-state index in [2.05, 4.69) is 19.1 Å². The van der Waals surface area contributed by atoms with Crippen molar-refractivity contribution in [3.8, 4) is 0 Å². The molecule has 0 aromatic rings. The SMILES string of the molecule is CCC=CCCCCCCCCCCCN. The summed E-state index contributed by atoms with van der Waals surface area (Å²) in [6.07, 6.45) is 19.5. The molecule has 0 aliphatic rings. The molecule has 0 fully saturated rings. The molecular formula is C15H31N. The van der Waals surface area contributed by atoms with Crippen LogP contribution in [-0.4, -0.2) is 6.54 Å². The monoisotopic (exact) mass is 225 g/mol. The Hall–Kier alpha value is -0.300. The van der Waals surface area contributed by atoms with E-state index in [1.165, 1.54) is 70.6 Å². The third-order valence-electron chi connectivity index (χ3n) is 2.98. The molecule has 0 amide bonds. The molecule has 0 unspecified atom stereocenters. The second-order valence-corrected chi connectivity index (χ2v) is 4.64. The number of hydrogen-bond donors (Lipinski definition) is 1. The van der Waals surface area contributed by atoms with Crippen molar-refractivity contribution < 1.29 is 0 Å². The van der Waals surface area contributed by atoms with Gasteiger partial charge in [-0.05, 0) is 32.2 Å². The maximum absolute atomic E-state index is 5.45. The minimum atomic E-state index is 0.866. The Morgan fingerprint density at radius 2 is 1.19 bits per heavy atom. The van der Waals surface area contributed by atoms with Crippen LogP contribution >= 0.6 is 0 Å². The third kappa shape index (κ3) is 13.7. The average molecular weight is 225 g/mol. The lowest BCUT2D eigenvalue weighted by atomic mass is 10.1. The van der Waals surface area contributed by atoms with Crippen molar-refractivity contribution in [2.45, 2.75) is 77.6 Å². The molecule has 0 aromatic heterocycles.